The summed E-state index contributed by atoms with van der Waals surface area (Å²) in [6, 6.07) is 17.2. The van der Waals surface area contributed by atoms with E-state index >= 15 is 0 Å². The van der Waals surface area contributed by atoms with Gasteiger partial charge in [-0.2, -0.15) is 0 Å². The fraction of sp³-hybridized carbons (Fsp3) is 0.188. The molecule has 0 amide bonds. The highest BCUT2D eigenvalue weighted by Gasteiger charge is 2.15. The summed E-state index contributed by atoms with van der Waals surface area (Å²) in [6.07, 6.45) is -0.189. The molecule has 0 aliphatic rings. The lowest BCUT2D eigenvalue weighted by Gasteiger charge is -2.16. The molecule has 2 rings (SSSR count). The summed E-state index contributed by atoms with van der Waals surface area (Å²) in [6.45, 7) is 0. The molecule has 0 saturated carbocycles. The predicted octanol–water partition coefficient (Wildman–Crippen LogP) is 3.21. The van der Waals surface area contributed by atoms with Gasteiger partial charge in [-0.15, -0.1) is 0 Å². The highest BCUT2D eigenvalue weighted by atomic mass is 16.5. The Bertz CT molecular complexity index is 549. The molecule has 0 radical (unpaired) electrons. The average molecular weight is 256 g/mol. The lowest BCUT2D eigenvalue weighted by atomic mass is 9.99. The maximum absolute atomic E-state index is 11.6. The fourth-order valence-electron chi connectivity index (χ4n) is 2.04. The number of carbonyl (C=O) groups is 1. The molecular weight excluding hydrogens is 240 g/mol. The maximum atomic E-state index is 11.6. The second-order valence-electron chi connectivity index (χ2n) is 4.14. The third-order valence-electron chi connectivity index (χ3n) is 2.95. The van der Waals surface area contributed by atoms with Crippen LogP contribution in [-0.4, -0.2) is 20.2 Å². The zero-order chi connectivity index (χ0) is 13.7. The number of carbonyl (C=O) groups excluding carboxylic acids is 1. The maximum Gasteiger partial charge on any atom is 0.337 e. The molecule has 19 heavy (non-hydrogen) atoms. The molecule has 1 unspecified atom stereocenters. The number of ether oxygens (including phenoxy) is 2. The van der Waals surface area contributed by atoms with Gasteiger partial charge in [-0.1, -0.05) is 42.5 Å². The van der Waals surface area contributed by atoms with Crippen molar-refractivity contribution < 1.29 is 14.3 Å². The zero-order valence-electron chi connectivity index (χ0n) is 11.0. The Kier molecular flexibility index (Phi) is 4.31. The van der Waals surface area contributed by atoms with Gasteiger partial charge in [-0.05, 0) is 23.3 Å². The number of esters is 1. The molecule has 3 nitrogen and oxygen atoms in total. The summed E-state index contributed by atoms with van der Waals surface area (Å²) >= 11 is 0. The number of methoxy groups -OCH3 is 2. The Labute approximate surface area is 112 Å². The van der Waals surface area contributed by atoms with E-state index in [0.29, 0.717) is 5.56 Å². The van der Waals surface area contributed by atoms with Gasteiger partial charge in [0.15, 0.2) is 0 Å². The molecule has 0 saturated heterocycles. The van der Waals surface area contributed by atoms with Crippen LogP contribution in [-0.2, 0) is 9.47 Å². The summed E-state index contributed by atoms with van der Waals surface area (Å²) in [4.78, 5) is 11.6. The molecule has 0 bridgehead atoms. The van der Waals surface area contributed by atoms with Gasteiger partial charge in [-0.25, -0.2) is 4.79 Å². The van der Waals surface area contributed by atoms with E-state index in [1.165, 1.54) is 7.11 Å². The van der Waals surface area contributed by atoms with E-state index in [-0.39, 0.29) is 12.1 Å². The molecule has 0 aliphatic carbocycles. The second-order valence-corrected chi connectivity index (χ2v) is 4.14. The molecule has 0 spiro atoms. The van der Waals surface area contributed by atoms with Crippen molar-refractivity contribution in [2.45, 2.75) is 6.10 Å². The molecule has 2 aromatic rings. The van der Waals surface area contributed by atoms with Crippen LogP contribution in [0.1, 0.15) is 27.6 Å². The highest BCUT2D eigenvalue weighted by Crippen LogP contribution is 2.25. The minimum absolute atomic E-state index is 0.189. The van der Waals surface area contributed by atoms with Crippen LogP contribution in [0.2, 0.25) is 0 Å². The van der Waals surface area contributed by atoms with Crippen LogP contribution in [0.25, 0.3) is 0 Å². The molecule has 0 aliphatic heterocycles. The SMILES string of the molecule is COC(=O)c1cccc(C(OC)c2ccccc2)c1. The number of benzene rings is 2. The van der Waals surface area contributed by atoms with Crippen molar-refractivity contribution in [3.63, 3.8) is 0 Å². The molecule has 1 atom stereocenters. The molecule has 0 aromatic heterocycles. The smallest absolute Gasteiger partial charge is 0.337 e. The van der Waals surface area contributed by atoms with Gasteiger partial charge in [0, 0.05) is 7.11 Å². The minimum Gasteiger partial charge on any atom is -0.465 e. The van der Waals surface area contributed by atoms with Crippen molar-refractivity contribution in [1.82, 2.24) is 0 Å². The molecular formula is C16H16O3. The van der Waals surface area contributed by atoms with Crippen molar-refractivity contribution in [3.8, 4) is 0 Å². The van der Waals surface area contributed by atoms with Crippen LogP contribution in [0.5, 0.6) is 0 Å². The number of hydrogen-bond acceptors (Lipinski definition) is 3. The van der Waals surface area contributed by atoms with E-state index in [4.69, 9.17) is 9.47 Å². The van der Waals surface area contributed by atoms with Crippen LogP contribution >= 0.6 is 0 Å². The van der Waals surface area contributed by atoms with Crippen LogP contribution in [0.4, 0.5) is 0 Å². The van der Waals surface area contributed by atoms with E-state index in [9.17, 15) is 4.79 Å². The van der Waals surface area contributed by atoms with Crippen molar-refractivity contribution >= 4 is 5.97 Å². The Morgan fingerprint density at radius 2 is 1.63 bits per heavy atom. The Morgan fingerprint density at radius 3 is 2.26 bits per heavy atom. The van der Waals surface area contributed by atoms with E-state index in [1.54, 1.807) is 19.2 Å². The largest absolute Gasteiger partial charge is 0.465 e. The third-order valence-corrected chi connectivity index (χ3v) is 2.95. The summed E-state index contributed by atoms with van der Waals surface area (Å²) < 4.78 is 10.3. The van der Waals surface area contributed by atoms with Gasteiger partial charge in [-0.3, -0.25) is 0 Å². The van der Waals surface area contributed by atoms with E-state index in [0.717, 1.165) is 11.1 Å². The molecule has 98 valence electrons. The molecule has 3 heteroatoms. The van der Waals surface area contributed by atoms with E-state index in [2.05, 4.69) is 0 Å². The van der Waals surface area contributed by atoms with E-state index in [1.807, 2.05) is 42.5 Å². The summed E-state index contributed by atoms with van der Waals surface area (Å²) in [5.41, 5.74) is 2.50. The predicted molar refractivity (Wildman–Crippen MR) is 73.1 cm³/mol. The summed E-state index contributed by atoms with van der Waals surface area (Å²) in [5, 5.41) is 0. The topological polar surface area (TPSA) is 35.5 Å². The molecule has 0 heterocycles. The quantitative estimate of drug-likeness (QED) is 0.788. The number of hydrogen-bond donors (Lipinski definition) is 0. The van der Waals surface area contributed by atoms with Crippen LogP contribution < -0.4 is 0 Å². The van der Waals surface area contributed by atoms with E-state index < -0.39 is 0 Å². The Hall–Kier alpha value is -2.13. The van der Waals surface area contributed by atoms with Crippen LogP contribution in [0, 0.1) is 0 Å². The van der Waals surface area contributed by atoms with Gasteiger partial charge < -0.3 is 9.47 Å². The first-order valence-corrected chi connectivity index (χ1v) is 6.02. The van der Waals surface area contributed by atoms with Crippen LogP contribution in [0.3, 0.4) is 0 Å². The Morgan fingerprint density at radius 1 is 0.947 bits per heavy atom. The first kappa shape index (κ1) is 13.3. The Balaban J connectivity index is 2.36. The third kappa shape index (κ3) is 3.01. The zero-order valence-corrected chi connectivity index (χ0v) is 11.0. The van der Waals surface area contributed by atoms with Crippen molar-refractivity contribution in [2.75, 3.05) is 14.2 Å². The van der Waals surface area contributed by atoms with Crippen LogP contribution in [0.15, 0.2) is 54.6 Å². The average Bonchev–Trinajstić information content (AvgIpc) is 2.48. The number of rotatable bonds is 4. The van der Waals surface area contributed by atoms with Crippen molar-refractivity contribution in [2.24, 2.45) is 0 Å². The fourth-order valence-corrected chi connectivity index (χ4v) is 2.04. The van der Waals surface area contributed by atoms with Gasteiger partial charge in [0.2, 0.25) is 0 Å². The lowest BCUT2D eigenvalue weighted by Crippen LogP contribution is -2.06. The first-order chi connectivity index (χ1) is 9.26. The second kappa shape index (κ2) is 6.16. The van der Waals surface area contributed by atoms with Crippen molar-refractivity contribution in [1.29, 1.82) is 0 Å². The van der Waals surface area contributed by atoms with Crippen molar-refractivity contribution in [3.05, 3.63) is 71.3 Å². The normalized spacial score (nSPS) is 11.9. The standard InChI is InChI=1S/C16H16O3/c1-18-15(12-7-4-3-5-8-12)13-9-6-10-14(11-13)16(17)19-2/h3-11,15H,1-2H3. The molecule has 2 aromatic carbocycles. The first-order valence-electron chi connectivity index (χ1n) is 6.02. The van der Waals surface area contributed by atoms with Gasteiger partial charge >= 0.3 is 5.97 Å². The highest BCUT2D eigenvalue weighted by molar-refractivity contribution is 5.89. The minimum atomic E-state index is -0.343. The molecule has 0 N–H and O–H groups in total. The summed E-state index contributed by atoms with van der Waals surface area (Å²) in [7, 11) is 3.03. The van der Waals surface area contributed by atoms with Gasteiger partial charge in [0.25, 0.3) is 0 Å². The van der Waals surface area contributed by atoms with Gasteiger partial charge in [0.05, 0.1) is 12.7 Å². The summed E-state index contributed by atoms with van der Waals surface area (Å²) in [5.74, 6) is -0.343. The molecule has 0 fully saturated rings. The van der Waals surface area contributed by atoms with Gasteiger partial charge in [0.1, 0.15) is 6.10 Å². The lowest BCUT2D eigenvalue weighted by molar-refractivity contribution is 0.0600. The monoisotopic (exact) mass is 256 g/mol.